The smallest absolute Gasteiger partial charge is 0.339 e. The van der Waals surface area contributed by atoms with Crippen molar-refractivity contribution in [2.75, 3.05) is 12.9 Å². The topological polar surface area (TPSA) is 76.5 Å². The largest absolute Gasteiger partial charge is 0.481 e. The molecule has 0 fully saturated rings. The third-order valence-corrected chi connectivity index (χ3v) is 2.43. The Morgan fingerprint density at radius 1 is 1.53 bits per heavy atom. The molecule has 0 unspecified atom stereocenters. The molecule has 0 aromatic carbocycles. The Kier molecular flexibility index (Phi) is 4.11. The summed E-state index contributed by atoms with van der Waals surface area (Å²) in [6, 6.07) is 3.13. The van der Waals surface area contributed by atoms with Gasteiger partial charge in [-0.2, -0.15) is 0 Å². The fraction of sp³-hybridized carbons (Fsp3) is 0.222. The normalized spacial score (nSPS) is 9.67. The van der Waals surface area contributed by atoms with E-state index in [1.807, 2.05) is 0 Å². The molecule has 0 saturated carbocycles. The van der Waals surface area contributed by atoms with Crippen LogP contribution in [0.3, 0.4) is 0 Å². The van der Waals surface area contributed by atoms with E-state index in [1.54, 1.807) is 12.1 Å². The van der Waals surface area contributed by atoms with Gasteiger partial charge in [0, 0.05) is 6.20 Å². The van der Waals surface area contributed by atoms with Crippen molar-refractivity contribution in [1.82, 2.24) is 4.98 Å². The van der Waals surface area contributed by atoms with Gasteiger partial charge in [-0.25, -0.2) is 9.78 Å². The number of aromatic nitrogens is 1. The van der Waals surface area contributed by atoms with Crippen molar-refractivity contribution in [1.29, 1.82) is 0 Å². The Balaban J connectivity index is 2.64. The fourth-order valence-corrected chi connectivity index (χ4v) is 1.40. The third kappa shape index (κ3) is 3.59. The first-order chi connectivity index (χ1) is 7.13. The molecule has 0 spiro atoms. The van der Waals surface area contributed by atoms with E-state index in [4.69, 9.17) is 5.11 Å². The Bertz CT molecular complexity index is 363. The van der Waals surface area contributed by atoms with Gasteiger partial charge in [0.25, 0.3) is 0 Å². The van der Waals surface area contributed by atoms with E-state index >= 15 is 0 Å². The second-order valence-electron chi connectivity index (χ2n) is 2.56. The molecule has 0 atom stereocenters. The van der Waals surface area contributed by atoms with Crippen molar-refractivity contribution in [2.24, 2.45) is 0 Å². The molecular weight excluding hydrogens is 218 g/mol. The molecule has 1 aromatic heterocycles. The first kappa shape index (κ1) is 11.5. The van der Waals surface area contributed by atoms with Crippen LogP contribution in [0.2, 0.25) is 0 Å². The van der Waals surface area contributed by atoms with Crippen molar-refractivity contribution in [3.63, 3.8) is 0 Å². The maximum Gasteiger partial charge on any atom is 0.339 e. The zero-order valence-corrected chi connectivity index (χ0v) is 8.78. The molecule has 0 bridgehead atoms. The van der Waals surface area contributed by atoms with Crippen molar-refractivity contribution >= 4 is 23.7 Å². The molecule has 1 N–H and O–H groups in total. The quantitative estimate of drug-likeness (QED) is 0.612. The Morgan fingerprint density at radius 3 is 2.73 bits per heavy atom. The number of ether oxygens (including phenoxy) is 1. The standard InChI is InChI=1S/C9H9NO4S/c1-14-9(13)6-2-3-7(10-4-6)15-5-8(11)12/h2-4H,5H2,1H3,(H,11,12). The van der Waals surface area contributed by atoms with E-state index in [9.17, 15) is 9.59 Å². The van der Waals surface area contributed by atoms with Gasteiger partial charge in [0.1, 0.15) is 0 Å². The lowest BCUT2D eigenvalue weighted by molar-refractivity contribution is -0.133. The molecule has 6 heteroatoms. The van der Waals surface area contributed by atoms with E-state index < -0.39 is 11.9 Å². The summed E-state index contributed by atoms with van der Waals surface area (Å²) in [5.41, 5.74) is 0.345. The molecule has 0 radical (unpaired) electrons. The molecule has 0 aliphatic heterocycles. The van der Waals surface area contributed by atoms with Crippen LogP contribution in [0.4, 0.5) is 0 Å². The van der Waals surface area contributed by atoms with E-state index in [1.165, 1.54) is 13.3 Å². The van der Waals surface area contributed by atoms with Crippen LogP contribution >= 0.6 is 11.8 Å². The van der Waals surface area contributed by atoms with E-state index in [0.29, 0.717) is 10.6 Å². The van der Waals surface area contributed by atoms with Crippen LogP contribution in [-0.4, -0.2) is 34.9 Å². The van der Waals surface area contributed by atoms with Crippen molar-refractivity contribution in [2.45, 2.75) is 5.03 Å². The van der Waals surface area contributed by atoms with Gasteiger partial charge >= 0.3 is 11.9 Å². The number of hydrogen-bond acceptors (Lipinski definition) is 5. The number of carbonyl (C=O) groups is 2. The van der Waals surface area contributed by atoms with Crippen molar-refractivity contribution < 1.29 is 19.4 Å². The summed E-state index contributed by atoms with van der Waals surface area (Å²) in [5.74, 6) is -1.42. The lowest BCUT2D eigenvalue weighted by Crippen LogP contribution is -2.02. The molecule has 15 heavy (non-hydrogen) atoms. The number of hydrogen-bond donors (Lipinski definition) is 1. The van der Waals surface area contributed by atoms with Gasteiger partial charge in [-0.05, 0) is 12.1 Å². The molecule has 0 saturated heterocycles. The minimum Gasteiger partial charge on any atom is -0.481 e. The maximum absolute atomic E-state index is 11.0. The van der Waals surface area contributed by atoms with Crippen LogP contribution in [0.5, 0.6) is 0 Å². The van der Waals surface area contributed by atoms with E-state index in [-0.39, 0.29) is 5.75 Å². The van der Waals surface area contributed by atoms with Gasteiger partial charge in [0.2, 0.25) is 0 Å². The van der Waals surface area contributed by atoms with Gasteiger partial charge in [-0.15, -0.1) is 0 Å². The Labute approximate surface area is 90.5 Å². The summed E-state index contributed by atoms with van der Waals surface area (Å²) >= 11 is 1.09. The summed E-state index contributed by atoms with van der Waals surface area (Å²) < 4.78 is 4.49. The fourth-order valence-electron chi connectivity index (χ4n) is 0.840. The predicted molar refractivity (Wildman–Crippen MR) is 53.9 cm³/mol. The van der Waals surface area contributed by atoms with Gasteiger partial charge in [-0.3, -0.25) is 4.79 Å². The summed E-state index contributed by atoms with van der Waals surface area (Å²) in [6.45, 7) is 0. The number of pyridine rings is 1. The SMILES string of the molecule is COC(=O)c1ccc(SCC(=O)O)nc1. The molecule has 0 aliphatic rings. The van der Waals surface area contributed by atoms with E-state index in [2.05, 4.69) is 9.72 Å². The first-order valence-electron chi connectivity index (χ1n) is 4.02. The first-order valence-corrected chi connectivity index (χ1v) is 5.01. The van der Waals surface area contributed by atoms with Crippen LogP contribution in [0, 0.1) is 0 Å². The summed E-state index contributed by atoms with van der Waals surface area (Å²) in [7, 11) is 1.29. The zero-order valence-electron chi connectivity index (χ0n) is 7.97. The summed E-state index contributed by atoms with van der Waals surface area (Å²) in [6.07, 6.45) is 1.36. The number of nitrogens with zero attached hydrogens (tertiary/aromatic N) is 1. The number of thioether (sulfide) groups is 1. The van der Waals surface area contributed by atoms with Gasteiger partial charge in [0.15, 0.2) is 0 Å². The minimum atomic E-state index is -0.904. The number of esters is 1. The summed E-state index contributed by atoms with van der Waals surface area (Å²) in [5, 5.41) is 8.99. The van der Waals surface area contributed by atoms with Crippen LogP contribution in [0.25, 0.3) is 0 Å². The molecule has 1 heterocycles. The Morgan fingerprint density at radius 2 is 2.27 bits per heavy atom. The van der Waals surface area contributed by atoms with Gasteiger partial charge < -0.3 is 9.84 Å². The van der Waals surface area contributed by atoms with Crippen LogP contribution in [0.1, 0.15) is 10.4 Å². The summed E-state index contributed by atoms with van der Waals surface area (Å²) in [4.78, 5) is 25.2. The van der Waals surface area contributed by atoms with Crippen LogP contribution in [0.15, 0.2) is 23.4 Å². The van der Waals surface area contributed by atoms with Crippen LogP contribution < -0.4 is 0 Å². The lowest BCUT2D eigenvalue weighted by Gasteiger charge is -2.00. The molecule has 0 aliphatic carbocycles. The minimum absolute atomic E-state index is 0.0510. The molecule has 80 valence electrons. The lowest BCUT2D eigenvalue weighted by atomic mass is 10.3. The van der Waals surface area contributed by atoms with Gasteiger partial charge in [0.05, 0.1) is 23.5 Å². The number of carboxylic acids is 1. The highest BCUT2D eigenvalue weighted by Crippen LogP contribution is 2.14. The van der Waals surface area contributed by atoms with Crippen molar-refractivity contribution in [3.8, 4) is 0 Å². The molecule has 1 aromatic rings. The highest BCUT2D eigenvalue weighted by atomic mass is 32.2. The maximum atomic E-state index is 11.0. The molecule has 5 nitrogen and oxygen atoms in total. The number of aliphatic carboxylic acids is 1. The highest BCUT2D eigenvalue weighted by molar-refractivity contribution is 7.99. The molecular formula is C9H9NO4S. The predicted octanol–water partition coefficient (Wildman–Crippen LogP) is 1.04. The highest BCUT2D eigenvalue weighted by Gasteiger charge is 2.06. The number of carbonyl (C=O) groups excluding carboxylic acids is 1. The number of rotatable bonds is 4. The zero-order chi connectivity index (χ0) is 11.3. The van der Waals surface area contributed by atoms with Crippen molar-refractivity contribution in [3.05, 3.63) is 23.9 Å². The average molecular weight is 227 g/mol. The second kappa shape index (κ2) is 5.35. The number of carboxylic acid groups (broad SMARTS) is 1. The monoisotopic (exact) mass is 227 g/mol. The third-order valence-electron chi connectivity index (χ3n) is 1.50. The van der Waals surface area contributed by atoms with Crippen LogP contribution in [-0.2, 0) is 9.53 Å². The Hall–Kier alpha value is -1.56. The average Bonchev–Trinajstić information content (AvgIpc) is 2.26. The van der Waals surface area contributed by atoms with E-state index in [0.717, 1.165) is 11.8 Å². The molecule has 0 amide bonds. The second-order valence-corrected chi connectivity index (χ2v) is 3.55. The van der Waals surface area contributed by atoms with Gasteiger partial charge in [-0.1, -0.05) is 11.8 Å². The molecule has 1 rings (SSSR count). The number of methoxy groups -OCH3 is 1.